The molecule has 2 aromatic carbocycles. The molecule has 3 rings (SSSR count). The molecule has 30 heavy (non-hydrogen) atoms. The van der Waals surface area contributed by atoms with Crippen LogP contribution in [-0.2, 0) is 10.0 Å². The summed E-state index contributed by atoms with van der Waals surface area (Å²) in [6.45, 7) is 3.76. The minimum absolute atomic E-state index is 0.0922. The molecule has 0 aliphatic carbocycles. The van der Waals surface area contributed by atoms with Crippen LogP contribution in [0.15, 0.2) is 57.8 Å². The van der Waals surface area contributed by atoms with Crippen molar-refractivity contribution in [3.8, 4) is 16.9 Å². The first-order chi connectivity index (χ1) is 14.2. The average Bonchev–Trinajstić information content (AvgIpc) is 2.97. The lowest BCUT2D eigenvalue weighted by Crippen LogP contribution is -2.10. The Balaban J connectivity index is 2.14. The van der Waals surface area contributed by atoms with Crippen LogP contribution >= 0.6 is 11.6 Å². The molecule has 0 N–H and O–H groups in total. The van der Waals surface area contributed by atoms with E-state index in [0.29, 0.717) is 10.6 Å². The second-order valence-corrected chi connectivity index (χ2v) is 9.16. The fourth-order valence-corrected chi connectivity index (χ4v) is 4.33. The molecule has 0 amide bonds. The maximum absolute atomic E-state index is 12.4. The van der Waals surface area contributed by atoms with Gasteiger partial charge in [0.25, 0.3) is 10.0 Å². The lowest BCUT2D eigenvalue weighted by Gasteiger charge is -2.14. The van der Waals surface area contributed by atoms with E-state index in [1.165, 1.54) is 18.5 Å². The number of nitrogens with zero attached hydrogens (tertiary/aromatic N) is 3. The van der Waals surface area contributed by atoms with E-state index < -0.39 is 10.0 Å². The Morgan fingerprint density at radius 3 is 2.13 bits per heavy atom. The third-order valence-electron chi connectivity index (χ3n) is 4.75. The van der Waals surface area contributed by atoms with Crippen molar-refractivity contribution in [2.75, 3.05) is 14.1 Å². The van der Waals surface area contributed by atoms with Gasteiger partial charge in [-0.2, -0.15) is 8.42 Å². The molecule has 0 fully saturated rings. The highest BCUT2D eigenvalue weighted by Gasteiger charge is 2.20. The highest BCUT2D eigenvalue weighted by Crippen LogP contribution is 2.34. The minimum Gasteiger partial charge on any atom is -0.368 e. The molecule has 3 aromatic rings. The Bertz CT molecular complexity index is 1210. The van der Waals surface area contributed by atoms with Gasteiger partial charge in [-0.15, -0.1) is 4.40 Å². The molecule has 0 bridgehead atoms. The van der Waals surface area contributed by atoms with Crippen LogP contribution in [0, 0.1) is 13.8 Å². The van der Waals surface area contributed by atoms with Gasteiger partial charge in [-0.05, 0) is 61.4 Å². The van der Waals surface area contributed by atoms with Crippen LogP contribution in [0.25, 0.3) is 16.9 Å². The third kappa shape index (κ3) is 4.17. The predicted octanol–water partition coefficient (Wildman–Crippen LogP) is 4.51. The van der Waals surface area contributed by atoms with Gasteiger partial charge in [-0.3, -0.25) is 4.79 Å². The van der Waals surface area contributed by atoms with E-state index in [4.69, 9.17) is 11.6 Å². The van der Waals surface area contributed by atoms with Gasteiger partial charge in [0.2, 0.25) is 0 Å². The molecular weight excluding hydrogens is 422 g/mol. The average molecular weight is 444 g/mol. The fraction of sp³-hybridized carbons (Fsp3) is 0.182. The van der Waals surface area contributed by atoms with Crippen molar-refractivity contribution in [3.63, 3.8) is 0 Å². The van der Waals surface area contributed by atoms with Crippen LogP contribution in [0.2, 0.25) is 5.02 Å². The van der Waals surface area contributed by atoms with Crippen molar-refractivity contribution in [3.05, 3.63) is 70.4 Å². The molecule has 1 aromatic heterocycles. The first kappa shape index (κ1) is 21.8. The van der Waals surface area contributed by atoms with Gasteiger partial charge in [0, 0.05) is 36.1 Å². The highest BCUT2D eigenvalue weighted by molar-refractivity contribution is 7.90. The minimum atomic E-state index is -3.79. The summed E-state index contributed by atoms with van der Waals surface area (Å²) in [5, 5.41) is 0.620. The van der Waals surface area contributed by atoms with E-state index >= 15 is 0 Å². The molecule has 6 nitrogen and oxygen atoms in total. The van der Waals surface area contributed by atoms with Gasteiger partial charge in [0.05, 0.1) is 10.6 Å². The van der Waals surface area contributed by atoms with Crippen molar-refractivity contribution < 1.29 is 13.2 Å². The van der Waals surface area contributed by atoms with Gasteiger partial charge in [-0.25, -0.2) is 0 Å². The number of halogens is 1. The zero-order valence-electron chi connectivity index (χ0n) is 17.1. The maximum Gasteiger partial charge on any atom is 0.283 e. The van der Waals surface area contributed by atoms with E-state index in [2.05, 4.69) is 4.40 Å². The van der Waals surface area contributed by atoms with E-state index in [0.717, 1.165) is 34.5 Å². The molecule has 0 saturated heterocycles. The molecule has 0 unspecified atom stereocenters. The number of aldehydes is 1. The monoisotopic (exact) mass is 443 g/mol. The number of carbonyl (C=O) groups is 1. The largest absolute Gasteiger partial charge is 0.368 e. The number of carbonyl (C=O) groups excluding carboxylic acids is 1. The summed E-state index contributed by atoms with van der Waals surface area (Å²) in [5.41, 5.74) is 4.72. The summed E-state index contributed by atoms with van der Waals surface area (Å²) in [5.74, 6) is 0. The zero-order chi connectivity index (χ0) is 22.1. The standard InChI is InChI=1S/C22H22ClN3O3S/c1-15-21(13-27)16(2)26(22(15)17-5-7-18(23)8-6-17)19-9-11-20(12-10-19)30(28,29)24-14-25(3)4/h5-14H,1-4H3. The smallest absolute Gasteiger partial charge is 0.283 e. The van der Waals surface area contributed by atoms with Gasteiger partial charge in [0.15, 0.2) is 6.29 Å². The topological polar surface area (TPSA) is 71.7 Å². The lowest BCUT2D eigenvalue weighted by atomic mass is 10.1. The molecule has 0 atom stereocenters. The quantitative estimate of drug-likeness (QED) is 0.319. The number of rotatable bonds is 6. The lowest BCUT2D eigenvalue weighted by molar-refractivity contribution is 0.112. The van der Waals surface area contributed by atoms with Gasteiger partial charge < -0.3 is 9.47 Å². The molecule has 0 aliphatic rings. The molecule has 156 valence electrons. The number of benzene rings is 2. The molecule has 8 heteroatoms. The molecular formula is C22H22ClN3O3S. The first-order valence-electron chi connectivity index (χ1n) is 9.16. The SMILES string of the molecule is Cc1c(C=O)c(C)n(-c2ccc(S(=O)(=O)N=CN(C)C)cc2)c1-c1ccc(Cl)cc1. The van der Waals surface area contributed by atoms with Crippen LogP contribution < -0.4 is 0 Å². The van der Waals surface area contributed by atoms with Gasteiger partial charge in [0.1, 0.15) is 6.34 Å². The summed E-state index contributed by atoms with van der Waals surface area (Å²) >= 11 is 6.03. The van der Waals surface area contributed by atoms with Crippen LogP contribution in [0.1, 0.15) is 21.6 Å². The van der Waals surface area contributed by atoms with Crippen molar-refractivity contribution in [1.82, 2.24) is 9.47 Å². The van der Waals surface area contributed by atoms with Crippen LogP contribution in [0.3, 0.4) is 0 Å². The van der Waals surface area contributed by atoms with Crippen LogP contribution in [-0.4, -0.2) is 44.6 Å². The Morgan fingerprint density at radius 2 is 1.60 bits per heavy atom. The summed E-state index contributed by atoms with van der Waals surface area (Å²) < 4.78 is 30.4. The normalized spacial score (nSPS) is 11.8. The second-order valence-electron chi connectivity index (χ2n) is 7.09. The molecule has 0 saturated carbocycles. The van der Waals surface area contributed by atoms with Crippen LogP contribution in [0.4, 0.5) is 0 Å². The summed E-state index contributed by atoms with van der Waals surface area (Å²) in [6.07, 6.45) is 2.09. The van der Waals surface area contributed by atoms with Gasteiger partial charge >= 0.3 is 0 Å². The van der Waals surface area contributed by atoms with E-state index in [1.807, 2.05) is 30.5 Å². The maximum atomic E-state index is 12.4. The van der Waals surface area contributed by atoms with Gasteiger partial charge in [-0.1, -0.05) is 23.7 Å². The number of hydrogen-bond acceptors (Lipinski definition) is 3. The molecule has 0 radical (unpaired) electrons. The molecule has 1 heterocycles. The zero-order valence-corrected chi connectivity index (χ0v) is 18.7. The Hall–Kier alpha value is -2.90. The van der Waals surface area contributed by atoms with E-state index in [9.17, 15) is 13.2 Å². The van der Waals surface area contributed by atoms with Crippen LogP contribution in [0.5, 0.6) is 0 Å². The van der Waals surface area contributed by atoms with E-state index in [1.54, 1.807) is 43.3 Å². The highest BCUT2D eigenvalue weighted by atomic mass is 35.5. The first-order valence-corrected chi connectivity index (χ1v) is 11.0. The van der Waals surface area contributed by atoms with Crippen molar-refractivity contribution in [2.24, 2.45) is 4.40 Å². The Labute approximate surface area is 181 Å². The van der Waals surface area contributed by atoms with Crippen molar-refractivity contribution >= 4 is 34.2 Å². The number of aromatic nitrogens is 1. The third-order valence-corrected chi connectivity index (χ3v) is 6.24. The van der Waals surface area contributed by atoms with Crippen molar-refractivity contribution in [2.45, 2.75) is 18.7 Å². The summed E-state index contributed by atoms with van der Waals surface area (Å²) in [4.78, 5) is 13.4. The van der Waals surface area contributed by atoms with E-state index in [-0.39, 0.29) is 4.90 Å². The summed E-state index contributed by atoms with van der Waals surface area (Å²) in [7, 11) is -0.398. The molecule has 0 spiro atoms. The Morgan fingerprint density at radius 1 is 1.00 bits per heavy atom. The molecule has 0 aliphatic heterocycles. The number of hydrogen-bond donors (Lipinski definition) is 0. The Kier molecular flexibility index (Phi) is 6.14. The fourth-order valence-electron chi connectivity index (χ4n) is 3.29. The van der Waals surface area contributed by atoms with Crippen molar-refractivity contribution in [1.29, 1.82) is 0 Å². The second kappa shape index (κ2) is 8.45. The predicted molar refractivity (Wildman–Crippen MR) is 120 cm³/mol. The summed E-state index contributed by atoms with van der Waals surface area (Å²) in [6, 6.07) is 13.8. The number of sulfonamides is 1.